The molecule has 0 aromatic heterocycles. The lowest BCUT2D eigenvalue weighted by Gasteiger charge is -2.21. The molecule has 0 spiro atoms. The summed E-state index contributed by atoms with van der Waals surface area (Å²) in [5, 5.41) is 9.98. The molecule has 32 heavy (non-hydrogen) atoms. The number of ether oxygens (including phenoxy) is 1. The number of carboxylic acids is 1. The summed E-state index contributed by atoms with van der Waals surface area (Å²) in [4.78, 5) is 32.1. The number of fused-ring (bicyclic) bond motifs is 2. The van der Waals surface area contributed by atoms with E-state index >= 15 is 0 Å². The van der Waals surface area contributed by atoms with Gasteiger partial charge in [0, 0.05) is 24.8 Å². The standard InChI is InChI=1S/C24H21FN2O5/c1-4-27(5-2)15-10-11-16-17(12-15)32-22-20(26-16)19(24(29)30)18(21(28)23(22)31-3)13-6-8-14(25)9-7-13/h6-12H,4-5H2,1-3H3,(H,29,30). The van der Waals surface area contributed by atoms with Crippen molar-refractivity contribution in [3.63, 3.8) is 0 Å². The van der Waals surface area contributed by atoms with Gasteiger partial charge in [0.15, 0.2) is 11.3 Å². The van der Waals surface area contributed by atoms with Crippen molar-refractivity contribution in [2.45, 2.75) is 13.8 Å². The number of carboxylic acid groups (broad SMARTS) is 1. The average molecular weight is 436 g/mol. The predicted molar refractivity (Wildman–Crippen MR) is 119 cm³/mol. The minimum atomic E-state index is -1.35. The quantitative estimate of drug-likeness (QED) is 0.440. The number of halogens is 1. The molecule has 0 unspecified atom stereocenters. The van der Waals surface area contributed by atoms with Crippen molar-refractivity contribution >= 4 is 22.8 Å². The molecule has 0 saturated heterocycles. The lowest BCUT2D eigenvalue weighted by Crippen LogP contribution is -2.21. The summed E-state index contributed by atoms with van der Waals surface area (Å²) in [6, 6.07) is 10.4. The van der Waals surface area contributed by atoms with E-state index in [1.165, 1.54) is 19.2 Å². The predicted octanol–water partition coefficient (Wildman–Crippen LogP) is 4.65. The Morgan fingerprint density at radius 1 is 1.16 bits per heavy atom. The van der Waals surface area contributed by atoms with Crippen LogP contribution in [0.5, 0.6) is 5.75 Å². The Labute approximate surface area is 183 Å². The van der Waals surface area contributed by atoms with Crippen LogP contribution >= 0.6 is 0 Å². The number of carbonyl (C=O) groups is 1. The molecule has 1 aliphatic carbocycles. The second-order valence-electron chi connectivity index (χ2n) is 7.14. The number of aromatic carboxylic acids is 1. The number of nitrogens with zero attached hydrogens (tertiary/aromatic N) is 2. The largest absolute Gasteiger partial charge is 0.490 e. The number of hydrogen-bond acceptors (Lipinski definition) is 6. The number of anilines is 1. The molecule has 1 aliphatic heterocycles. The fraction of sp³-hybridized carbons (Fsp3) is 0.208. The molecular formula is C24H21FN2O5. The zero-order valence-electron chi connectivity index (χ0n) is 17.8. The topological polar surface area (TPSA) is 92.9 Å². The summed E-state index contributed by atoms with van der Waals surface area (Å²) in [5.74, 6) is -2.07. The maximum atomic E-state index is 13.4. The number of rotatable bonds is 6. The highest BCUT2D eigenvalue weighted by atomic mass is 19.1. The molecule has 0 fully saturated rings. The van der Waals surface area contributed by atoms with E-state index in [-0.39, 0.29) is 33.9 Å². The molecule has 164 valence electrons. The van der Waals surface area contributed by atoms with Gasteiger partial charge in [0.05, 0.1) is 12.7 Å². The highest BCUT2D eigenvalue weighted by Crippen LogP contribution is 2.39. The average Bonchev–Trinajstić information content (AvgIpc) is 2.78. The molecule has 1 N–H and O–H groups in total. The fourth-order valence-corrected chi connectivity index (χ4v) is 3.85. The highest BCUT2D eigenvalue weighted by Gasteiger charge is 2.31. The summed E-state index contributed by atoms with van der Waals surface area (Å²) in [5.41, 5.74) is 0.833. The summed E-state index contributed by atoms with van der Waals surface area (Å²) in [6.45, 7) is 5.65. The van der Waals surface area contributed by atoms with Crippen molar-refractivity contribution in [2.24, 2.45) is 0 Å². The van der Waals surface area contributed by atoms with Crippen LogP contribution in [0.1, 0.15) is 24.2 Å². The van der Waals surface area contributed by atoms with Crippen molar-refractivity contribution in [3.8, 4) is 28.3 Å². The molecule has 1 heterocycles. The van der Waals surface area contributed by atoms with E-state index in [1.807, 2.05) is 19.9 Å². The normalized spacial score (nSPS) is 11.1. The van der Waals surface area contributed by atoms with E-state index in [0.717, 1.165) is 30.9 Å². The molecule has 2 aromatic carbocycles. The first kappa shape index (κ1) is 21.3. The molecule has 2 aromatic rings. The number of hydrogen-bond donors (Lipinski definition) is 1. The Morgan fingerprint density at radius 3 is 2.44 bits per heavy atom. The lowest BCUT2D eigenvalue weighted by atomic mass is 9.94. The van der Waals surface area contributed by atoms with Gasteiger partial charge in [0.2, 0.25) is 11.2 Å². The van der Waals surface area contributed by atoms with Crippen molar-refractivity contribution < 1.29 is 23.4 Å². The third-order valence-electron chi connectivity index (χ3n) is 5.41. The zero-order valence-corrected chi connectivity index (χ0v) is 17.8. The third kappa shape index (κ3) is 3.43. The van der Waals surface area contributed by atoms with E-state index in [1.54, 1.807) is 12.1 Å². The molecular weight excluding hydrogens is 415 g/mol. The van der Waals surface area contributed by atoms with Gasteiger partial charge in [0.1, 0.15) is 22.6 Å². The molecule has 0 saturated carbocycles. The highest BCUT2D eigenvalue weighted by molar-refractivity contribution is 6.04. The van der Waals surface area contributed by atoms with Gasteiger partial charge in [-0.3, -0.25) is 4.79 Å². The molecule has 8 heteroatoms. The Hall–Kier alpha value is -3.94. The second-order valence-corrected chi connectivity index (χ2v) is 7.14. The van der Waals surface area contributed by atoms with Crippen LogP contribution < -0.4 is 15.1 Å². The first-order valence-electron chi connectivity index (χ1n) is 10.1. The SMILES string of the molecule is CCN(CC)c1ccc2nc3c(C(=O)O)c(-c4ccc(F)cc4)c(=O)c(OC)c-3oc2c1. The van der Waals surface area contributed by atoms with Gasteiger partial charge in [-0.25, -0.2) is 14.2 Å². The summed E-state index contributed by atoms with van der Waals surface area (Å²) >= 11 is 0. The lowest BCUT2D eigenvalue weighted by molar-refractivity contribution is 0.0698. The van der Waals surface area contributed by atoms with Crippen LogP contribution in [-0.2, 0) is 0 Å². The van der Waals surface area contributed by atoms with Gasteiger partial charge in [-0.2, -0.15) is 0 Å². The van der Waals surface area contributed by atoms with Gasteiger partial charge in [-0.15, -0.1) is 0 Å². The third-order valence-corrected chi connectivity index (χ3v) is 5.41. The van der Waals surface area contributed by atoms with Crippen molar-refractivity contribution in [2.75, 3.05) is 25.1 Å². The van der Waals surface area contributed by atoms with Crippen LogP contribution in [0, 0.1) is 5.82 Å². The minimum Gasteiger partial charge on any atom is -0.490 e. The van der Waals surface area contributed by atoms with E-state index in [9.17, 15) is 19.1 Å². The maximum absolute atomic E-state index is 13.4. The van der Waals surface area contributed by atoms with Gasteiger partial charge in [0.25, 0.3) is 0 Å². The van der Waals surface area contributed by atoms with Crippen molar-refractivity contribution in [3.05, 3.63) is 64.1 Å². The van der Waals surface area contributed by atoms with E-state index in [0.29, 0.717) is 11.1 Å². The molecule has 7 nitrogen and oxygen atoms in total. The van der Waals surface area contributed by atoms with Gasteiger partial charge < -0.3 is 19.2 Å². The van der Waals surface area contributed by atoms with Crippen LogP contribution in [0.15, 0.2) is 51.7 Å². The number of aromatic nitrogens is 1. The van der Waals surface area contributed by atoms with Crippen LogP contribution in [0.2, 0.25) is 0 Å². The number of benzene rings is 3. The number of methoxy groups -OCH3 is 1. The van der Waals surface area contributed by atoms with E-state index in [2.05, 4.69) is 9.88 Å². The second kappa shape index (κ2) is 8.30. The smallest absolute Gasteiger partial charge is 0.338 e. The Morgan fingerprint density at radius 2 is 1.84 bits per heavy atom. The minimum absolute atomic E-state index is 0.0173. The summed E-state index contributed by atoms with van der Waals surface area (Å²) in [6.07, 6.45) is 0. The van der Waals surface area contributed by atoms with Crippen LogP contribution in [-0.4, -0.2) is 36.3 Å². The molecule has 0 amide bonds. The van der Waals surface area contributed by atoms with Crippen LogP contribution in [0.3, 0.4) is 0 Å². The zero-order chi connectivity index (χ0) is 23.0. The van der Waals surface area contributed by atoms with Gasteiger partial charge >= 0.3 is 5.97 Å². The molecule has 0 atom stereocenters. The molecule has 0 bridgehead atoms. The van der Waals surface area contributed by atoms with Crippen molar-refractivity contribution in [1.82, 2.24) is 4.98 Å². The van der Waals surface area contributed by atoms with Crippen LogP contribution in [0.4, 0.5) is 10.1 Å². The first-order chi connectivity index (χ1) is 15.4. The summed E-state index contributed by atoms with van der Waals surface area (Å²) in [7, 11) is 1.30. The fourth-order valence-electron chi connectivity index (χ4n) is 3.85. The molecule has 0 radical (unpaired) electrons. The van der Waals surface area contributed by atoms with E-state index < -0.39 is 17.2 Å². The monoisotopic (exact) mass is 436 g/mol. The Kier molecular flexibility index (Phi) is 5.52. The van der Waals surface area contributed by atoms with Crippen molar-refractivity contribution in [1.29, 1.82) is 0 Å². The molecule has 2 aliphatic rings. The van der Waals surface area contributed by atoms with Gasteiger partial charge in [-0.05, 0) is 43.7 Å². The summed E-state index contributed by atoms with van der Waals surface area (Å²) < 4.78 is 24.7. The maximum Gasteiger partial charge on any atom is 0.338 e. The molecule has 4 rings (SSSR count). The van der Waals surface area contributed by atoms with Gasteiger partial charge in [-0.1, -0.05) is 12.1 Å². The first-order valence-corrected chi connectivity index (χ1v) is 10.1. The Balaban J connectivity index is 2.10. The van der Waals surface area contributed by atoms with Crippen LogP contribution in [0.25, 0.3) is 33.7 Å². The van der Waals surface area contributed by atoms with E-state index in [4.69, 9.17) is 9.15 Å². The Bertz CT molecular complexity index is 1340.